The lowest BCUT2D eigenvalue weighted by molar-refractivity contribution is 0.211. The number of oxime groups is 1. The first-order valence-corrected chi connectivity index (χ1v) is 12.8. The standard InChI is InChI=1S/C22H30ClN5O5S/c1-16(2)34(30,31)27-11-9-26(10-12-27)20-15-24-28(19-7-5-6-18(23)14-19)22(29)21(20)33-13-8-17(3)25-32-4/h5-7,14-16H,8-13H2,1-4H3. The van der Waals surface area contributed by atoms with Gasteiger partial charge in [0.2, 0.25) is 15.8 Å². The van der Waals surface area contributed by atoms with Crippen molar-refractivity contribution in [3.05, 3.63) is 45.8 Å². The summed E-state index contributed by atoms with van der Waals surface area (Å²) < 4.78 is 33.7. The van der Waals surface area contributed by atoms with Crippen LogP contribution in [0.25, 0.3) is 5.69 Å². The summed E-state index contributed by atoms with van der Waals surface area (Å²) in [6.45, 7) is 6.81. The Hall–Kier alpha value is -2.63. The maximum atomic E-state index is 13.4. The Bertz CT molecular complexity index is 1190. The van der Waals surface area contributed by atoms with Gasteiger partial charge in [0.1, 0.15) is 12.8 Å². The van der Waals surface area contributed by atoms with Crippen LogP contribution in [0, 0.1) is 0 Å². The molecule has 186 valence electrons. The predicted molar refractivity (Wildman–Crippen MR) is 133 cm³/mol. The number of hydrogen-bond acceptors (Lipinski definition) is 8. The van der Waals surface area contributed by atoms with E-state index >= 15 is 0 Å². The third-order valence-corrected chi connectivity index (χ3v) is 7.97. The molecule has 0 unspecified atom stereocenters. The fraction of sp³-hybridized carbons (Fsp3) is 0.500. The zero-order valence-corrected chi connectivity index (χ0v) is 21.3. The highest BCUT2D eigenvalue weighted by molar-refractivity contribution is 7.89. The normalized spacial score (nSPS) is 15.6. The second-order valence-corrected chi connectivity index (χ2v) is 11.1. The van der Waals surface area contributed by atoms with Gasteiger partial charge in [0, 0.05) is 37.6 Å². The van der Waals surface area contributed by atoms with Crippen LogP contribution < -0.4 is 15.2 Å². The highest BCUT2D eigenvalue weighted by atomic mass is 35.5. The lowest BCUT2D eigenvalue weighted by atomic mass is 10.3. The van der Waals surface area contributed by atoms with Gasteiger partial charge < -0.3 is 14.5 Å². The summed E-state index contributed by atoms with van der Waals surface area (Å²) in [5.41, 5.74) is 1.32. The smallest absolute Gasteiger partial charge is 0.316 e. The number of ether oxygens (including phenoxy) is 1. The van der Waals surface area contributed by atoms with E-state index in [0.717, 1.165) is 5.71 Å². The molecule has 0 amide bonds. The maximum Gasteiger partial charge on any atom is 0.316 e. The van der Waals surface area contributed by atoms with Crippen LogP contribution in [0.5, 0.6) is 5.75 Å². The van der Waals surface area contributed by atoms with Crippen molar-refractivity contribution in [1.29, 1.82) is 0 Å². The van der Waals surface area contributed by atoms with E-state index in [0.29, 0.717) is 49.0 Å². The molecule has 10 nitrogen and oxygen atoms in total. The number of sulfonamides is 1. The Morgan fingerprint density at radius 3 is 2.56 bits per heavy atom. The van der Waals surface area contributed by atoms with E-state index in [1.165, 1.54) is 16.1 Å². The minimum Gasteiger partial charge on any atom is -0.486 e. The van der Waals surface area contributed by atoms with Gasteiger partial charge in [-0.05, 0) is 39.0 Å². The molecule has 12 heteroatoms. The van der Waals surface area contributed by atoms with Crippen molar-refractivity contribution in [2.75, 3.05) is 44.8 Å². The predicted octanol–water partition coefficient (Wildman–Crippen LogP) is 2.54. The molecule has 2 heterocycles. The van der Waals surface area contributed by atoms with Gasteiger partial charge in [-0.2, -0.15) is 14.1 Å². The summed E-state index contributed by atoms with van der Waals surface area (Å²) in [5, 5.41) is 8.20. The van der Waals surface area contributed by atoms with Gasteiger partial charge >= 0.3 is 5.56 Å². The van der Waals surface area contributed by atoms with Crippen LogP contribution >= 0.6 is 11.6 Å². The molecule has 1 aliphatic heterocycles. The highest BCUT2D eigenvalue weighted by Gasteiger charge is 2.31. The van der Waals surface area contributed by atoms with E-state index in [1.54, 1.807) is 51.2 Å². The van der Waals surface area contributed by atoms with Crippen LogP contribution in [-0.4, -0.2) is 73.4 Å². The lowest BCUT2D eigenvalue weighted by Crippen LogP contribution is -2.50. The molecule has 1 aromatic carbocycles. The van der Waals surface area contributed by atoms with Gasteiger partial charge in [0.25, 0.3) is 0 Å². The Balaban J connectivity index is 1.91. The van der Waals surface area contributed by atoms with Gasteiger partial charge in [-0.1, -0.05) is 22.8 Å². The average Bonchev–Trinajstić information content (AvgIpc) is 2.80. The highest BCUT2D eigenvalue weighted by Crippen LogP contribution is 2.27. The average molecular weight is 512 g/mol. The van der Waals surface area contributed by atoms with Crippen molar-refractivity contribution in [1.82, 2.24) is 14.1 Å². The monoisotopic (exact) mass is 511 g/mol. The van der Waals surface area contributed by atoms with E-state index < -0.39 is 20.8 Å². The van der Waals surface area contributed by atoms with Gasteiger partial charge in [-0.25, -0.2) is 8.42 Å². The van der Waals surface area contributed by atoms with Crippen LogP contribution in [0.2, 0.25) is 5.02 Å². The SMILES string of the molecule is CON=C(C)CCOc1c(N2CCN(S(=O)(=O)C(C)C)CC2)cnn(-c2cccc(Cl)c2)c1=O. The molecule has 1 fully saturated rings. The largest absolute Gasteiger partial charge is 0.486 e. The topological polar surface area (TPSA) is 106 Å². The molecule has 0 spiro atoms. The molecular formula is C22H30ClN5O5S. The molecule has 34 heavy (non-hydrogen) atoms. The Labute approximate surface area is 204 Å². The first-order chi connectivity index (χ1) is 16.1. The number of piperazine rings is 1. The first-order valence-electron chi connectivity index (χ1n) is 11.0. The molecule has 1 saturated heterocycles. The summed E-state index contributed by atoms with van der Waals surface area (Å²) in [4.78, 5) is 20.1. The van der Waals surface area contributed by atoms with E-state index in [1.807, 2.05) is 4.90 Å². The minimum atomic E-state index is -3.34. The van der Waals surface area contributed by atoms with Crippen LogP contribution in [0.4, 0.5) is 5.69 Å². The van der Waals surface area contributed by atoms with Crippen molar-refractivity contribution in [3.63, 3.8) is 0 Å². The summed E-state index contributed by atoms with van der Waals surface area (Å²) in [6, 6.07) is 6.82. The van der Waals surface area contributed by atoms with Crippen molar-refractivity contribution in [2.45, 2.75) is 32.4 Å². The molecule has 0 saturated carbocycles. The van der Waals surface area contributed by atoms with E-state index in [9.17, 15) is 13.2 Å². The molecule has 0 bridgehead atoms. The van der Waals surface area contributed by atoms with Gasteiger partial charge in [0.05, 0.1) is 29.5 Å². The summed E-state index contributed by atoms with van der Waals surface area (Å²) in [6.07, 6.45) is 2.03. The molecule has 0 N–H and O–H groups in total. The molecule has 1 aliphatic rings. The number of anilines is 1. The number of rotatable bonds is 9. The molecule has 2 aromatic rings. The molecule has 0 atom stereocenters. The Morgan fingerprint density at radius 1 is 1.24 bits per heavy atom. The van der Waals surface area contributed by atoms with Crippen LogP contribution in [0.15, 0.2) is 40.4 Å². The first kappa shape index (κ1) is 26.0. The third kappa shape index (κ3) is 5.89. The molecule has 0 aliphatic carbocycles. The fourth-order valence-electron chi connectivity index (χ4n) is 3.57. The molecular weight excluding hydrogens is 482 g/mol. The van der Waals surface area contributed by atoms with Gasteiger partial charge in [0.15, 0.2) is 0 Å². The number of nitrogens with zero attached hydrogens (tertiary/aromatic N) is 5. The second-order valence-electron chi connectivity index (χ2n) is 8.14. The van der Waals surface area contributed by atoms with E-state index in [-0.39, 0.29) is 12.4 Å². The Morgan fingerprint density at radius 2 is 1.94 bits per heavy atom. The van der Waals surface area contributed by atoms with Gasteiger partial charge in [-0.15, -0.1) is 0 Å². The summed E-state index contributed by atoms with van der Waals surface area (Å²) in [7, 11) is -1.88. The van der Waals surface area contributed by atoms with E-state index in [4.69, 9.17) is 21.2 Å². The zero-order chi connectivity index (χ0) is 24.9. The third-order valence-electron chi connectivity index (χ3n) is 5.46. The van der Waals surface area contributed by atoms with Crippen molar-refractivity contribution < 1.29 is 18.0 Å². The molecule has 0 radical (unpaired) electrons. The number of halogens is 1. The summed E-state index contributed by atoms with van der Waals surface area (Å²) in [5.74, 6) is 0.139. The molecule has 3 rings (SSSR count). The summed E-state index contributed by atoms with van der Waals surface area (Å²) >= 11 is 6.10. The van der Waals surface area contributed by atoms with Crippen molar-refractivity contribution >= 4 is 33.0 Å². The number of hydrogen-bond donors (Lipinski definition) is 0. The van der Waals surface area contributed by atoms with Crippen LogP contribution in [-0.2, 0) is 14.9 Å². The van der Waals surface area contributed by atoms with Crippen LogP contribution in [0.3, 0.4) is 0 Å². The number of aromatic nitrogens is 2. The number of benzene rings is 1. The van der Waals surface area contributed by atoms with Gasteiger partial charge in [-0.3, -0.25) is 4.79 Å². The second kappa shape index (κ2) is 11.2. The lowest BCUT2D eigenvalue weighted by Gasteiger charge is -2.36. The zero-order valence-electron chi connectivity index (χ0n) is 19.8. The Kier molecular flexibility index (Phi) is 8.56. The van der Waals surface area contributed by atoms with Crippen molar-refractivity contribution in [3.8, 4) is 11.4 Å². The van der Waals surface area contributed by atoms with E-state index in [2.05, 4.69) is 10.3 Å². The minimum absolute atomic E-state index is 0.139. The maximum absolute atomic E-state index is 13.4. The van der Waals surface area contributed by atoms with Crippen LogP contribution in [0.1, 0.15) is 27.2 Å². The quantitative estimate of drug-likeness (QED) is 0.376. The fourth-order valence-corrected chi connectivity index (χ4v) is 5.02. The molecule has 1 aromatic heterocycles. The van der Waals surface area contributed by atoms with Crippen molar-refractivity contribution in [2.24, 2.45) is 5.16 Å².